The van der Waals surface area contributed by atoms with Gasteiger partial charge in [0.2, 0.25) is 0 Å². The van der Waals surface area contributed by atoms with Crippen LogP contribution >= 0.6 is 0 Å². The normalized spacial score (nSPS) is 20.6. The minimum Gasteiger partial charge on any atom is -0.349 e. The summed E-state index contributed by atoms with van der Waals surface area (Å²) in [4.78, 5) is 33.5. The van der Waals surface area contributed by atoms with Crippen LogP contribution in [-0.4, -0.2) is 73.9 Å². The summed E-state index contributed by atoms with van der Waals surface area (Å²) < 4.78 is 0. The van der Waals surface area contributed by atoms with E-state index in [1.54, 1.807) is 12.4 Å². The number of aromatic amines is 2. The number of hydrogen-bond acceptors (Lipinski definition) is 5. The molecule has 4 heterocycles. The van der Waals surface area contributed by atoms with E-state index in [-0.39, 0.29) is 11.9 Å². The molecule has 1 aromatic carbocycles. The molecule has 0 atom stereocenters. The minimum atomic E-state index is -0.111. The molecule has 3 aromatic rings. The van der Waals surface area contributed by atoms with E-state index in [0.29, 0.717) is 23.8 Å². The van der Waals surface area contributed by atoms with Gasteiger partial charge in [-0.15, -0.1) is 0 Å². The highest BCUT2D eigenvalue weighted by Crippen LogP contribution is 2.42. The van der Waals surface area contributed by atoms with Crippen LogP contribution in [0, 0.1) is 5.41 Å². The van der Waals surface area contributed by atoms with Crippen molar-refractivity contribution in [3.63, 3.8) is 0 Å². The molecule has 1 amide bonds. The molecule has 1 saturated carbocycles. The maximum Gasteiger partial charge on any atom is 0.251 e. The molecule has 8 nitrogen and oxygen atoms in total. The second kappa shape index (κ2) is 12.0. The molecule has 2 saturated heterocycles. The molecule has 8 heteroatoms. The Balaban J connectivity index is 1.00. The highest BCUT2D eigenvalue weighted by molar-refractivity contribution is 5.94. The van der Waals surface area contributed by atoms with E-state index in [4.69, 9.17) is 0 Å². The number of H-pyrrole nitrogens is 2. The van der Waals surface area contributed by atoms with Gasteiger partial charge in [-0.1, -0.05) is 31.4 Å². The van der Waals surface area contributed by atoms with Gasteiger partial charge in [0.05, 0.1) is 0 Å². The smallest absolute Gasteiger partial charge is 0.251 e. The summed E-state index contributed by atoms with van der Waals surface area (Å²) in [6.07, 6.45) is 19.5. The van der Waals surface area contributed by atoms with Crippen LogP contribution in [0.1, 0.15) is 78.9 Å². The SMILES string of the molecule is O=C(NC(Cc1ncc[nH]1)Cc1ncc[nH]1)c1ccc(CN2CCC3(CCN(C4CCCCC4)CC3)C2)cc1. The third-order valence-corrected chi connectivity index (χ3v) is 9.41. The summed E-state index contributed by atoms with van der Waals surface area (Å²) >= 11 is 0. The Labute approximate surface area is 232 Å². The molecule has 0 radical (unpaired) electrons. The predicted octanol–water partition coefficient (Wildman–Crippen LogP) is 4.34. The van der Waals surface area contributed by atoms with Crippen LogP contribution in [-0.2, 0) is 19.4 Å². The minimum absolute atomic E-state index is 0.0606. The standard InChI is InChI=1S/C31H43N7O/c39-30(36-26(20-28-32-13-14-33-28)21-29-34-15-16-35-29)25-8-6-24(7-9-25)22-37-17-10-31(23-37)11-18-38(19-12-31)27-4-2-1-3-5-27/h6-9,13-16,26-27H,1-5,10-12,17-23H2,(H,32,33)(H,34,35)(H,36,39). The number of carbonyl (C=O) groups is 1. The van der Waals surface area contributed by atoms with Gasteiger partial charge in [0, 0.05) is 68.4 Å². The average molecular weight is 530 g/mol. The van der Waals surface area contributed by atoms with E-state index in [0.717, 1.165) is 24.2 Å². The van der Waals surface area contributed by atoms with Crippen LogP contribution < -0.4 is 5.32 Å². The first-order valence-corrected chi connectivity index (χ1v) is 15.0. The molecular weight excluding hydrogens is 486 g/mol. The van der Waals surface area contributed by atoms with Crippen LogP contribution in [0.5, 0.6) is 0 Å². The zero-order chi connectivity index (χ0) is 26.5. The summed E-state index contributed by atoms with van der Waals surface area (Å²) in [7, 11) is 0. The zero-order valence-corrected chi connectivity index (χ0v) is 23.1. The largest absolute Gasteiger partial charge is 0.349 e. The number of nitrogens with zero attached hydrogens (tertiary/aromatic N) is 4. The second-order valence-electron chi connectivity index (χ2n) is 12.1. The van der Waals surface area contributed by atoms with E-state index in [1.165, 1.54) is 83.1 Å². The van der Waals surface area contributed by atoms with Gasteiger partial charge in [0.15, 0.2) is 0 Å². The predicted molar refractivity (Wildman–Crippen MR) is 152 cm³/mol. The summed E-state index contributed by atoms with van der Waals surface area (Å²) in [5.74, 6) is 1.64. The quantitative estimate of drug-likeness (QED) is 0.384. The summed E-state index contributed by atoms with van der Waals surface area (Å²) in [6.45, 7) is 5.96. The number of carbonyl (C=O) groups excluding carboxylic acids is 1. The monoisotopic (exact) mass is 529 g/mol. The van der Waals surface area contributed by atoms with Crippen molar-refractivity contribution in [3.8, 4) is 0 Å². The zero-order valence-electron chi connectivity index (χ0n) is 23.1. The van der Waals surface area contributed by atoms with E-state index in [9.17, 15) is 4.79 Å². The Morgan fingerprint density at radius 2 is 1.56 bits per heavy atom. The molecule has 2 aliphatic heterocycles. The van der Waals surface area contributed by atoms with Gasteiger partial charge in [0.1, 0.15) is 11.6 Å². The molecule has 0 unspecified atom stereocenters. The Bertz CT molecular complexity index is 1120. The first kappa shape index (κ1) is 26.3. The summed E-state index contributed by atoms with van der Waals surface area (Å²) in [5.41, 5.74) is 2.49. The van der Waals surface area contributed by atoms with Gasteiger partial charge < -0.3 is 20.2 Å². The van der Waals surface area contributed by atoms with Crippen molar-refractivity contribution >= 4 is 5.91 Å². The molecule has 1 spiro atoms. The maximum atomic E-state index is 13.1. The van der Waals surface area contributed by atoms with Crippen LogP contribution in [0.4, 0.5) is 0 Å². The van der Waals surface area contributed by atoms with Crippen molar-refractivity contribution in [1.82, 2.24) is 35.1 Å². The van der Waals surface area contributed by atoms with E-state index in [1.807, 2.05) is 24.5 Å². The Kier molecular flexibility index (Phi) is 8.11. The van der Waals surface area contributed by atoms with Crippen LogP contribution in [0.3, 0.4) is 0 Å². The molecule has 6 rings (SSSR count). The van der Waals surface area contributed by atoms with E-state index in [2.05, 4.69) is 47.2 Å². The molecule has 3 N–H and O–H groups in total. The fraction of sp³-hybridized carbons (Fsp3) is 0.581. The summed E-state index contributed by atoms with van der Waals surface area (Å²) in [6, 6.07) is 8.93. The lowest BCUT2D eigenvalue weighted by Crippen LogP contribution is -2.46. The lowest BCUT2D eigenvalue weighted by Gasteiger charge is -2.43. The highest BCUT2D eigenvalue weighted by Gasteiger charge is 2.41. The Morgan fingerprint density at radius 3 is 2.18 bits per heavy atom. The van der Waals surface area contributed by atoms with Crippen molar-refractivity contribution in [2.24, 2.45) is 5.41 Å². The number of imidazole rings is 2. The molecule has 0 bridgehead atoms. The van der Waals surface area contributed by atoms with Gasteiger partial charge in [0.25, 0.3) is 5.91 Å². The van der Waals surface area contributed by atoms with Crippen molar-refractivity contribution in [2.45, 2.75) is 82.8 Å². The third-order valence-electron chi connectivity index (χ3n) is 9.41. The lowest BCUT2D eigenvalue weighted by atomic mass is 9.77. The number of nitrogens with one attached hydrogen (secondary N) is 3. The fourth-order valence-electron chi connectivity index (χ4n) is 7.13. The topological polar surface area (TPSA) is 92.9 Å². The first-order valence-electron chi connectivity index (χ1n) is 15.0. The number of aromatic nitrogens is 4. The molecule has 208 valence electrons. The van der Waals surface area contributed by atoms with Crippen molar-refractivity contribution < 1.29 is 4.79 Å². The van der Waals surface area contributed by atoms with Gasteiger partial charge in [-0.3, -0.25) is 9.69 Å². The molecule has 1 aliphatic carbocycles. The molecule has 3 aliphatic rings. The summed E-state index contributed by atoms with van der Waals surface area (Å²) in [5, 5.41) is 3.20. The van der Waals surface area contributed by atoms with Crippen LogP contribution in [0.2, 0.25) is 0 Å². The lowest BCUT2D eigenvalue weighted by molar-refractivity contribution is 0.0615. The van der Waals surface area contributed by atoms with Crippen molar-refractivity contribution in [1.29, 1.82) is 0 Å². The van der Waals surface area contributed by atoms with E-state index >= 15 is 0 Å². The Hall–Kier alpha value is -2.97. The molecule has 3 fully saturated rings. The molecule has 39 heavy (non-hydrogen) atoms. The van der Waals surface area contributed by atoms with Crippen molar-refractivity contribution in [3.05, 3.63) is 71.8 Å². The maximum absolute atomic E-state index is 13.1. The number of likely N-dealkylation sites (tertiary alicyclic amines) is 2. The number of benzene rings is 1. The second-order valence-corrected chi connectivity index (χ2v) is 12.1. The van der Waals surface area contributed by atoms with Crippen molar-refractivity contribution in [2.75, 3.05) is 26.2 Å². The Morgan fingerprint density at radius 1 is 0.923 bits per heavy atom. The van der Waals surface area contributed by atoms with Crippen LogP contribution in [0.15, 0.2) is 49.1 Å². The number of rotatable bonds is 9. The highest BCUT2D eigenvalue weighted by atomic mass is 16.1. The van der Waals surface area contributed by atoms with Gasteiger partial charge in [-0.25, -0.2) is 9.97 Å². The third kappa shape index (κ3) is 6.61. The van der Waals surface area contributed by atoms with Crippen LogP contribution in [0.25, 0.3) is 0 Å². The fourth-order valence-corrected chi connectivity index (χ4v) is 7.13. The number of hydrogen-bond donors (Lipinski definition) is 3. The average Bonchev–Trinajstić information content (AvgIpc) is 3.74. The van der Waals surface area contributed by atoms with Gasteiger partial charge in [-0.05, 0) is 74.8 Å². The van der Waals surface area contributed by atoms with E-state index < -0.39 is 0 Å². The molecular formula is C31H43N7O. The van der Waals surface area contributed by atoms with Gasteiger partial charge >= 0.3 is 0 Å². The first-order chi connectivity index (χ1) is 19.1. The number of piperidine rings is 1. The molecule has 2 aromatic heterocycles. The number of amides is 1. The van der Waals surface area contributed by atoms with Gasteiger partial charge in [-0.2, -0.15) is 0 Å².